The van der Waals surface area contributed by atoms with E-state index in [2.05, 4.69) is 36.4 Å². The summed E-state index contributed by atoms with van der Waals surface area (Å²) in [7, 11) is 0. The van der Waals surface area contributed by atoms with Gasteiger partial charge in [0.1, 0.15) is 17.4 Å². The number of H-pyrrole nitrogens is 1. The van der Waals surface area contributed by atoms with E-state index in [1.165, 1.54) is 6.26 Å². The van der Waals surface area contributed by atoms with Gasteiger partial charge in [0.2, 0.25) is 0 Å². The molecule has 3 N–H and O–H groups in total. The molecule has 3 heterocycles. The van der Waals surface area contributed by atoms with Crippen LogP contribution < -0.4 is 16.2 Å². The highest BCUT2D eigenvalue weighted by molar-refractivity contribution is 6.11. The Kier molecular flexibility index (Phi) is 6.84. The van der Waals surface area contributed by atoms with Crippen molar-refractivity contribution in [3.63, 3.8) is 0 Å². The fraction of sp³-hybridized carbons (Fsp3) is 0.464. The zero-order valence-corrected chi connectivity index (χ0v) is 21.8. The summed E-state index contributed by atoms with van der Waals surface area (Å²) in [5, 5.41) is 6.71. The standard InChI is InChI=1S/C28H35N3O5/c1-27(2,3)21-13-17(18-8-7-10-30-25(18)33)12-19-20(15-35-24(19)21)23(32)22(16-9-11-29-14-16)31-26(34)36-28(4,5)6/h7-8,10,12-13,15-16,22,29H,9,11,14H2,1-6H3,(H,30,33)(H,31,34). The van der Waals surface area contributed by atoms with Gasteiger partial charge in [-0.05, 0) is 69.0 Å². The third-order valence-corrected chi connectivity index (χ3v) is 6.40. The number of carbonyl (C=O) groups excluding carboxylic acids is 2. The quantitative estimate of drug-likeness (QED) is 0.441. The van der Waals surface area contributed by atoms with Crippen molar-refractivity contribution in [2.75, 3.05) is 13.1 Å². The number of fused-ring (bicyclic) bond motifs is 1. The maximum absolute atomic E-state index is 14.0. The lowest BCUT2D eigenvalue weighted by atomic mass is 9.83. The Balaban J connectivity index is 1.82. The summed E-state index contributed by atoms with van der Waals surface area (Å²) in [5.41, 5.74) is 1.85. The number of aromatic nitrogens is 1. The van der Waals surface area contributed by atoms with Gasteiger partial charge in [0.25, 0.3) is 5.56 Å². The molecule has 2 unspecified atom stereocenters. The van der Waals surface area contributed by atoms with E-state index >= 15 is 0 Å². The molecule has 8 nitrogen and oxygen atoms in total. The van der Waals surface area contributed by atoms with E-state index in [0.717, 1.165) is 18.5 Å². The lowest BCUT2D eigenvalue weighted by Crippen LogP contribution is -2.48. The highest BCUT2D eigenvalue weighted by Gasteiger charge is 2.36. The van der Waals surface area contributed by atoms with Gasteiger partial charge in [-0.15, -0.1) is 0 Å². The van der Waals surface area contributed by atoms with E-state index < -0.39 is 17.7 Å². The molecule has 1 aromatic carbocycles. The fourth-order valence-electron chi connectivity index (χ4n) is 4.65. The summed E-state index contributed by atoms with van der Waals surface area (Å²) in [6, 6.07) is 6.51. The number of Topliss-reactive ketones (excluding diaryl/α,β-unsaturated/α-hetero) is 1. The smallest absolute Gasteiger partial charge is 0.408 e. The van der Waals surface area contributed by atoms with Crippen LogP contribution in [0.4, 0.5) is 4.79 Å². The van der Waals surface area contributed by atoms with Crippen molar-refractivity contribution in [1.29, 1.82) is 0 Å². The Morgan fingerprint density at radius 2 is 1.92 bits per heavy atom. The third-order valence-electron chi connectivity index (χ3n) is 6.40. The lowest BCUT2D eigenvalue weighted by molar-refractivity contribution is 0.0473. The number of aromatic amines is 1. The van der Waals surface area contributed by atoms with E-state index in [-0.39, 0.29) is 22.7 Å². The highest BCUT2D eigenvalue weighted by Crippen LogP contribution is 2.37. The van der Waals surface area contributed by atoms with Crippen LogP contribution in [0.15, 0.2) is 45.9 Å². The summed E-state index contributed by atoms with van der Waals surface area (Å²) in [6.45, 7) is 12.9. The predicted octanol–water partition coefficient (Wildman–Crippen LogP) is 4.77. The van der Waals surface area contributed by atoms with Crippen LogP contribution in [0.3, 0.4) is 0 Å². The molecule has 3 aromatic rings. The van der Waals surface area contributed by atoms with Crippen molar-refractivity contribution in [3.05, 3.63) is 58.2 Å². The molecule has 1 aliphatic heterocycles. The molecule has 1 saturated heterocycles. The Labute approximate surface area is 210 Å². The van der Waals surface area contributed by atoms with Gasteiger partial charge in [0.15, 0.2) is 5.78 Å². The highest BCUT2D eigenvalue weighted by atomic mass is 16.6. The van der Waals surface area contributed by atoms with Crippen LogP contribution in [-0.4, -0.2) is 41.6 Å². The lowest BCUT2D eigenvalue weighted by Gasteiger charge is -2.26. The van der Waals surface area contributed by atoms with Gasteiger partial charge in [0, 0.05) is 35.2 Å². The molecule has 4 rings (SSSR count). The SMILES string of the molecule is CC(C)(C)OC(=O)NC(C(=O)c1coc2c(C(C)(C)C)cc(-c3ccc[nH]c3=O)cc12)C1CCNC1. The van der Waals surface area contributed by atoms with Gasteiger partial charge in [-0.2, -0.15) is 0 Å². The molecule has 1 aliphatic rings. The van der Waals surface area contributed by atoms with Crippen molar-refractivity contribution in [2.24, 2.45) is 5.92 Å². The number of furan rings is 1. The molecule has 192 valence electrons. The number of carbonyl (C=O) groups is 2. The largest absolute Gasteiger partial charge is 0.463 e. The van der Waals surface area contributed by atoms with Crippen LogP contribution in [0.2, 0.25) is 0 Å². The van der Waals surface area contributed by atoms with Gasteiger partial charge >= 0.3 is 6.09 Å². The first-order valence-electron chi connectivity index (χ1n) is 12.3. The minimum Gasteiger partial charge on any atom is -0.463 e. The van der Waals surface area contributed by atoms with Crippen LogP contribution in [0.5, 0.6) is 0 Å². The average Bonchev–Trinajstić information content (AvgIpc) is 3.45. The summed E-state index contributed by atoms with van der Waals surface area (Å²) in [5.74, 6) is -0.329. The Hall–Kier alpha value is -3.39. The molecule has 0 radical (unpaired) electrons. The first kappa shape index (κ1) is 25.7. The van der Waals surface area contributed by atoms with Gasteiger partial charge in [-0.25, -0.2) is 4.79 Å². The number of nitrogens with one attached hydrogen (secondary N) is 3. The minimum atomic E-state index is -0.780. The molecule has 1 fully saturated rings. The van der Waals surface area contributed by atoms with Crippen molar-refractivity contribution in [3.8, 4) is 11.1 Å². The fourth-order valence-corrected chi connectivity index (χ4v) is 4.65. The molecule has 8 heteroatoms. The molecule has 36 heavy (non-hydrogen) atoms. The number of pyridine rings is 1. The molecule has 0 bridgehead atoms. The second-order valence-corrected chi connectivity index (χ2v) is 11.5. The summed E-state index contributed by atoms with van der Waals surface area (Å²) < 4.78 is 11.4. The summed E-state index contributed by atoms with van der Waals surface area (Å²) >= 11 is 0. The Morgan fingerprint density at radius 3 is 2.53 bits per heavy atom. The predicted molar refractivity (Wildman–Crippen MR) is 139 cm³/mol. The molecule has 2 atom stereocenters. The second kappa shape index (κ2) is 9.58. The third kappa shape index (κ3) is 5.38. The number of rotatable bonds is 5. The molecule has 0 spiro atoms. The average molecular weight is 494 g/mol. The summed E-state index contributed by atoms with van der Waals surface area (Å²) in [6.07, 6.45) is 3.17. The molecular weight excluding hydrogens is 458 g/mol. The molecule has 1 amide bonds. The molecular formula is C28H35N3O5. The van der Waals surface area contributed by atoms with Crippen molar-refractivity contribution >= 4 is 22.8 Å². The maximum Gasteiger partial charge on any atom is 0.408 e. The Bertz CT molecular complexity index is 1330. The van der Waals surface area contributed by atoms with Crippen molar-refractivity contribution < 1.29 is 18.7 Å². The van der Waals surface area contributed by atoms with E-state index in [4.69, 9.17) is 9.15 Å². The van der Waals surface area contributed by atoms with E-state index in [1.807, 2.05) is 12.1 Å². The van der Waals surface area contributed by atoms with Gasteiger partial charge in [-0.1, -0.05) is 20.8 Å². The molecule has 0 saturated carbocycles. The first-order chi connectivity index (χ1) is 16.8. The number of amides is 1. The van der Waals surface area contributed by atoms with Crippen molar-refractivity contribution in [1.82, 2.24) is 15.6 Å². The Morgan fingerprint density at radius 1 is 1.17 bits per heavy atom. The minimum absolute atomic E-state index is 0.0859. The normalized spacial score (nSPS) is 17.2. The number of alkyl carbamates (subject to hydrolysis) is 1. The topological polar surface area (TPSA) is 113 Å². The van der Waals surface area contributed by atoms with E-state index in [0.29, 0.717) is 34.2 Å². The first-order valence-corrected chi connectivity index (χ1v) is 12.3. The van der Waals surface area contributed by atoms with Crippen LogP contribution >= 0.6 is 0 Å². The molecule has 2 aromatic heterocycles. The van der Waals surface area contributed by atoms with Gasteiger partial charge in [-0.3, -0.25) is 9.59 Å². The monoisotopic (exact) mass is 493 g/mol. The van der Waals surface area contributed by atoms with Crippen LogP contribution in [-0.2, 0) is 10.2 Å². The van der Waals surface area contributed by atoms with Crippen LogP contribution in [0, 0.1) is 5.92 Å². The zero-order chi connectivity index (χ0) is 26.3. The number of benzene rings is 1. The van der Waals surface area contributed by atoms with Crippen LogP contribution in [0.25, 0.3) is 22.1 Å². The maximum atomic E-state index is 14.0. The van der Waals surface area contributed by atoms with Crippen molar-refractivity contribution in [2.45, 2.75) is 65.0 Å². The van der Waals surface area contributed by atoms with E-state index in [9.17, 15) is 14.4 Å². The number of ketones is 1. The summed E-state index contributed by atoms with van der Waals surface area (Å²) in [4.78, 5) is 41.9. The second-order valence-electron chi connectivity index (χ2n) is 11.5. The number of hydrogen-bond acceptors (Lipinski definition) is 6. The van der Waals surface area contributed by atoms with Gasteiger partial charge < -0.3 is 24.8 Å². The zero-order valence-electron chi connectivity index (χ0n) is 21.8. The van der Waals surface area contributed by atoms with Gasteiger partial charge in [0.05, 0.1) is 11.6 Å². The number of ether oxygens (including phenoxy) is 1. The number of hydrogen-bond donors (Lipinski definition) is 3. The van der Waals surface area contributed by atoms with E-state index in [1.54, 1.807) is 39.1 Å². The van der Waals surface area contributed by atoms with Crippen LogP contribution in [0.1, 0.15) is 63.9 Å². The molecule has 0 aliphatic carbocycles.